The van der Waals surface area contributed by atoms with Crippen molar-refractivity contribution in [1.29, 1.82) is 0 Å². The van der Waals surface area contributed by atoms with Crippen molar-refractivity contribution in [2.75, 3.05) is 0 Å². The van der Waals surface area contributed by atoms with Gasteiger partial charge in [0.2, 0.25) is 0 Å². The monoisotopic (exact) mass is 260 g/mol. The lowest BCUT2D eigenvalue weighted by Gasteiger charge is -2.21. The van der Waals surface area contributed by atoms with Crippen LogP contribution in [0.5, 0.6) is 0 Å². The van der Waals surface area contributed by atoms with Gasteiger partial charge in [-0.1, -0.05) is 43.0 Å². The number of rotatable bonds is 1. The number of fused-ring (bicyclic) bond motifs is 2. The van der Waals surface area contributed by atoms with Crippen LogP contribution in [0, 0.1) is 13.8 Å². The normalized spacial score (nSPS) is 12.3. The molecule has 20 heavy (non-hydrogen) atoms. The van der Waals surface area contributed by atoms with E-state index in [0.29, 0.717) is 0 Å². The van der Waals surface area contributed by atoms with Gasteiger partial charge in [-0.15, -0.1) is 0 Å². The molecule has 2 aromatic rings. The van der Waals surface area contributed by atoms with Crippen LogP contribution in [0.4, 0.5) is 0 Å². The van der Waals surface area contributed by atoms with Crippen LogP contribution in [0.2, 0.25) is 0 Å². The summed E-state index contributed by atoms with van der Waals surface area (Å²) in [5.41, 5.74) is 9.35. The van der Waals surface area contributed by atoms with E-state index in [9.17, 15) is 0 Å². The van der Waals surface area contributed by atoms with Gasteiger partial charge >= 0.3 is 0 Å². The van der Waals surface area contributed by atoms with Crippen LogP contribution in [0.15, 0.2) is 30.8 Å². The largest absolute Gasteiger partial charge is 0.0955 e. The number of allylic oxidation sites excluding steroid dienone is 1. The molecule has 0 saturated heterocycles. The average Bonchev–Trinajstić information content (AvgIpc) is 2.41. The fraction of sp³-hybridized carbons (Fsp3) is 0.200. The Hall–Kier alpha value is -2.08. The maximum atomic E-state index is 4.14. The summed E-state index contributed by atoms with van der Waals surface area (Å²) in [6.07, 6.45) is 3.31. The maximum Gasteiger partial charge on any atom is -0.00107 e. The molecule has 2 aromatic carbocycles. The van der Waals surface area contributed by atoms with Crippen molar-refractivity contribution in [3.63, 3.8) is 0 Å². The third kappa shape index (κ3) is 1.92. The first-order valence-corrected chi connectivity index (χ1v) is 7.06. The molecule has 0 fully saturated rings. The molecule has 0 unspecified atom stereocenters. The average molecular weight is 260 g/mol. The van der Waals surface area contributed by atoms with E-state index < -0.39 is 0 Å². The molecule has 0 spiro atoms. The van der Waals surface area contributed by atoms with Crippen LogP contribution < -0.4 is 10.4 Å². The SMILES string of the molecule is C=C(C)c1cc(C)c(C)c2c1C=c1ccc(=C)cc1C2. The van der Waals surface area contributed by atoms with Crippen molar-refractivity contribution in [2.24, 2.45) is 0 Å². The molecule has 0 heteroatoms. The number of hydrogen-bond donors (Lipinski definition) is 0. The van der Waals surface area contributed by atoms with Crippen LogP contribution >= 0.6 is 0 Å². The Morgan fingerprint density at radius 2 is 1.90 bits per heavy atom. The van der Waals surface area contributed by atoms with Gasteiger partial charge in [0.15, 0.2) is 0 Å². The molecule has 1 aliphatic rings. The molecule has 0 saturated carbocycles. The van der Waals surface area contributed by atoms with Crippen LogP contribution in [0.25, 0.3) is 18.2 Å². The maximum absolute atomic E-state index is 4.14. The lowest BCUT2D eigenvalue weighted by molar-refractivity contribution is 1.09. The smallest absolute Gasteiger partial charge is 0.00107 e. The lowest BCUT2D eigenvalue weighted by atomic mass is 9.83. The Kier molecular flexibility index (Phi) is 2.90. The summed E-state index contributed by atoms with van der Waals surface area (Å²) >= 11 is 0. The topological polar surface area (TPSA) is 0 Å². The second-order valence-corrected chi connectivity index (χ2v) is 5.89. The van der Waals surface area contributed by atoms with Gasteiger partial charge < -0.3 is 0 Å². The molecular formula is C20H20. The van der Waals surface area contributed by atoms with Gasteiger partial charge in [-0.25, -0.2) is 0 Å². The van der Waals surface area contributed by atoms with E-state index >= 15 is 0 Å². The standard InChI is InChI=1S/C20H20/c1-12(2)18-9-14(4)15(5)19-11-17-8-13(3)6-7-16(17)10-20(18)19/h6-10H,1,3,11H2,2,4-5H3. The first-order chi connectivity index (χ1) is 9.47. The Morgan fingerprint density at radius 3 is 2.60 bits per heavy atom. The molecule has 0 atom stereocenters. The highest BCUT2D eigenvalue weighted by molar-refractivity contribution is 5.77. The summed E-state index contributed by atoms with van der Waals surface area (Å²) in [6.45, 7) is 14.7. The van der Waals surface area contributed by atoms with E-state index in [-0.39, 0.29) is 0 Å². The summed E-state index contributed by atoms with van der Waals surface area (Å²) in [5, 5.41) is 2.40. The van der Waals surface area contributed by atoms with E-state index in [1.165, 1.54) is 38.6 Å². The number of benzene rings is 2. The predicted molar refractivity (Wildman–Crippen MR) is 88.2 cm³/mol. The lowest BCUT2D eigenvalue weighted by Crippen LogP contribution is -2.20. The zero-order valence-corrected chi connectivity index (χ0v) is 12.5. The molecule has 0 amide bonds. The summed E-state index contributed by atoms with van der Waals surface area (Å²) in [4.78, 5) is 0. The van der Waals surface area contributed by atoms with E-state index in [2.05, 4.69) is 64.3 Å². The second kappa shape index (κ2) is 4.49. The molecule has 0 radical (unpaired) electrons. The predicted octanol–water partition coefficient (Wildman–Crippen LogP) is 3.48. The van der Waals surface area contributed by atoms with E-state index in [1.54, 1.807) is 0 Å². The summed E-state index contributed by atoms with van der Waals surface area (Å²) < 4.78 is 0. The summed E-state index contributed by atoms with van der Waals surface area (Å²) in [6, 6.07) is 8.74. The second-order valence-electron chi connectivity index (χ2n) is 5.89. The molecule has 0 nitrogen and oxygen atoms in total. The van der Waals surface area contributed by atoms with Crippen molar-refractivity contribution in [3.05, 3.63) is 74.7 Å². The molecule has 0 aromatic heterocycles. The van der Waals surface area contributed by atoms with Gasteiger partial charge in [-0.05, 0) is 77.1 Å². The zero-order chi connectivity index (χ0) is 14.4. The minimum Gasteiger partial charge on any atom is -0.0955 e. The molecule has 0 N–H and O–H groups in total. The van der Waals surface area contributed by atoms with Gasteiger partial charge in [-0.3, -0.25) is 0 Å². The highest BCUT2D eigenvalue weighted by Gasteiger charge is 2.16. The van der Waals surface area contributed by atoms with Crippen LogP contribution in [-0.4, -0.2) is 0 Å². The Bertz CT molecular complexity index is 835. The van der Waals surface area contributed by atoms with E-state index in [1.807, 2.05) is 0 Å². The van der Waals surface area contributed by atoms with Gasteiger partial charge in [0.05, 0.1) is 0 Å². The molecule has 0 heterocycles. The Balaban J connectivity index is 2.40. The van der Waals surface area contributed by atoms with E-state index in [0.717, 1.165) is 17.2 Å². The third-order valence-electron chi connectivity index (χ3n) is 4.35. The van der Waals surface area contributed by atoms with Crippen LogP contribution in [0.1, 0.15) is 40.3 Å². The molecular weight excluding hydrogens is 240 g/mol. The highest BCUT2D eigenvalue weighted by atomic mass is 14.2. The molecule has 0 bridgehead atoms. The molecule has 3 rings (SSSR count). The van der Waals surface area contributed by atoms with Gasteiger partial charge in [0.25, 0.3) is 0 Å². The van der Waals surface area contributed by atoms with Crippen molar-refractivity contribution < 1.29 is 0 Å². The van der Waals surface area contributed by atoms with Gasteiger partial charge in [0, 0.05) is 0 Å². The summed E-state index contributed by atoms with van der Waals surface area (Å²) in [5.74, 6) is 0. The van der Waals surface area contributed by atoms with Crippen LogP contribution in [0.3, 0.4) is 0 Å². The van der Waals surface area contributed by atoms with Gasteiger partial charge in [-0.2, -0.15) is 0 Å². The first kappa shape index (κ1) is 12.9. The molecule has 0 aliphatic heterocycles. The first-order valence-electron chi connectivity index (χ1n) is 7.06. The zero-order valence-electron chi connectivity index (χ0n) is 12.5. The van der Waals surface area contributed by atoms with Crippen molar-refractivity contribution in [3.8, 4) is 0 Å². The fourth-order valence-electron chi connectivity index (χ4n) is 3.05. The molecule has 100 valence electrons. The number of hydrogen-bond acceptors (Lipinski definition) is 0. The van der Waals surface area contributed by atoms with E-state index in [4.69, 9.17) is 0 Å². The van der Waals surface area contributed by atoms with Gasteiger partial charge in [0.1, 0.15) is 0 Å². The summed E-state index contributed by atoms with van der Waals surface area (Å²) in [7, 11) is 0. The third-order valence-corrected chi connectivity index (χ3v) is 4.35. The molecule has 1 aliphatic carbocycles. The minimum atomic E-state index is 0.998. The van der Waals surface area contributed by atoms with Crippen molar-refractivity contribution >= 4 is 18.2 Å². The Morgan fingerprint density at radius 1 is 1.15 bits per heavy atom. The highest BCUT2D eigenvalue weighted by Crippen LogP contribution is 2.30. The Labute approximate surface area is 120 Å². The van der Waals surface area contributed by atoms with Crippen molar-refractivity contribution in [2.45, 2.75) is 27.2 Å². The quantitative estimate of drug-likeness (QED) is 0.628. The fourth-order valence-corrected chi connectivity index (χ4v) is 3.05. The minimum absolute atomic E-state index is 0.998. The number of aryl methyl sites for hydroxylation is 1. The van der Waals surface area contributed by atoms with Crippen LogP contribution in [-0.2, 0) is 6.42 Å². The van der Waals surface area contributed by atoms with Crippen molar-refractivity contribution in [1.82, 2.24) is 0 Å².